The van der Waals surface area contributed by atoms with Crippen molar-refractivity contribution < 1.29 is 0 Å². The molecule has 0 bridgehead atoms. The van der Waals surface area contributed by atoms with Gasteiger partial charge in [-0.15, -0.1) is 0 Å². The fraction of sp³-hybridized carbons (Fsp3) is 0.786. The Balaban J connectivity index is 2.73. The summed E-state index contributed by atoms with van der Waals surface area (Å²) in [5.74, 6) is 0. The third kappa shape index (κ3) is 3.72. The van der Waals surface area contributed by atoms with Crippen LogP contribution in [0.3, 0.4) is 0 Å². The highest BCUT2D eigenvalue weighted by Gasteiger charge is 2.24. The van der Waals surface area contributed by atoms with Crippen LogP contribution < -0.4 is 5.32 Å². The van der Waals surface area contributed by atoms with E-state index in [1.165, 1.54) is 0 Å². The van der Waals surface area contributed by atoms with E-state index in [9.17, 15) is 0 Å². The van der Waals surface area contributed by atoms with E-state index in [2.05, 4.69) is 38.1 Å². The van der Waals surface area contributed by atoms with Crippen LogP contribution in [0.4, 0.5) is 0 Å². The largest absolute Gasteiger partial charge is 0.314 e. The smallest absolute Gasteiger partial charge is 0.0846 e. The third-order valence-electron chi connectivity index (χ3n) is 3.43. The Morgan fingerprint density at radius 3 is 2.39 bits per heavy atom. The van der Waals surface area contributed by atoms with Crippen LogP contribution in [0.1, 0.15) is 45.5 Å². The number of rotatable bonds is 5. The first-order valence-corrected chi connectivity index (χ1v) is 7.06. The van der Waals surface area contributed by atoms with Crippen molar-refractivity contribution in [3.05, 3.63) is 16.4 Å². The fourth-order valence-electron chi connectivity index (χ4n) is 2.32. The molecule has 0 radical (unpaired) electrons. The molecule has 0 saturated carbocycles. The van der Waals surface area contributed by atoms with Crippen LogP contribution in [0, 0.1) is 12.3 Å². The van der Waals surface area contributed by atoms with Crippen molar-refractivity contribution in [2.24, 2.45) is 12.5 Å². The normalized spacial score (nSPS) is 13.9. The first-order chi connectivity index (χ1) is 8.27. The lowest BCUT2D eigenvalue weighted by molar-refractivity contribution is 0.257. The number of nitrogens with zero attached hydrogens (tertiary/aromatic N) is 2. The Labute approximate surface area is 116 Å². The van der Waals surface area contributed by atoms with Crippen molar-refractivity contribution in [1.29, 1.82) is 0 Å². The van der Waals surface area contributed by atoms with E-state index in [1.807, 2.05) is 18.7 Å². The molecule has 104 valence electrons. The summed E-state index contributed by atoms with van der Waals surface area (Å²) in [7, 11) is 1.97. The van der Waals surface area contributed by atoms with Crippen molar-refractivity contribution in [3.8, 4) is 0 Å². The number of aromatic nitrogens is 2. The molecule has 1 heterocycles. The van der Waals surface area contributed by atoms with Gasteiger partial charge in [0, 0.05) is 13.1 Å². The number of halogens is 1. The van der Waals surface area contributed by atoms with Gasteiger partial charge in [0.25, 0.3) is 0 Å². The second-order valence-electron chi connectivity index (χ2n) is 5.98. The fourth-order valence-corrected chi connectivity index (χ4v) is 2.57. The van der Waals surface area contributed by atoms with Gasteiger partial charge in [0.2, 0.25) is 0 Å². The molecule has 0 spiro atoms. The van der Waals surface area contributed by atoms with E-state index in [0.29, 0.717) is 6.04 Å². The summed E-state index contributed by atoms with van der Waals surface area (Å²) in [6.07, 6.45) is 2.04. The zero-order valence-electron chi connectivity index (χ0n) is 12.5. The van der Waals surface area contributed by atoms with Crippen molar-refractivity contribution in [2.75, 3.05) is 6.54 Å². The zero-order chi connectivity index (χ0) is 13.9. The van der Waals surface area contributed by atoms with Gasteiger partial charge >= 0.3 is 0 Å². The molecule has 0 aliphatic heterocycles. The van der Waals surface area contributed by atoms with Gasteiger partial charge in [0.15, 0.2) is 0 Å². The van der Waals surface area contributed by atoms with Gasteiger partial charge in [-0.1, -0.05) is 39.3 Å². The number of hydrogen-bond acceptors (Lipinski definition) is 2. The molecule has 1 aromatic heterocycles. The van der Waals surface area contributed by atoms with Crippen molar-refractivity contribution in [1.82, 2.24) is 15.1 Å². The molecule has 0 aliphatic carbocycles. The molecule has 0 saturated heterocycles. The van der Waals surface area contributed by atoms with E-state index in [-0.39, 0.29) is 5.41 Å². The van der Waals surface area contributed by atoms with Gasteiger partial charge in [-0.05, 0) is 31.7 Å². The Morgan fingerprint density at radius 2 is 2.00 bits per heavy atom. The molecule has 4 heteroatoms. The predicted octanol–water partition coefficient (Wildman–Crippen LogP) is 3.34. The summed E-state index contributed by atoms with van der Waals surface area (Å²) < 4.78 is 1.91. The highest BCUT2D eigenvalue weighted by Crippen LogP contribution is 2.26. The Hall–Kier alpha value is -0.540. The molecular weight excluding hydrogens is 246 g/mol. The van der Waals surface area contributed by atoms with Gasteiger partial charge in [0.05, 0.1) is 16.4 Å². The number of nitrogens with one attached hydrogen (secondary N) is 1. The molecule has 0 amide bonds. The van der Waals surface area contributed by atoms with Gasteiger partial charge < -0.3 is 5.32 Å². The molecular formula is C14H26ClN3. The average molecular weight is 272 g/mol. The molecule has 18 heavy (non-hydrogen) atoms. The summed E-state index contributed by atoms with van der Waals surface area (Å²) in [5.41, 5.74) is 2.32. The second kappa shape index (κ2) is 6.07. The van der Waals surface area contributed by atoms with Gasteiger partial charge in [0.1, 0.15) is 0 Å². The summed E-state index contributed by atoms with van der Waals surface area (Å²) in [4.78, 5) is 0. The van der Waals surface area contributed by atoms with Crippen LogP contribution in [0.25, 0.3) is 0 Å². The van der Waals surface area contributed by atoms with Crippen LogP contribution in [-0.4, -0.2) is 22.4 Å². The van der Waals surface area contributed by atoms with Crippen molar-refractivity contribution in [3.63, 3.8) is 0 Å². The minimum absolute atomic E-state index is 0.260. The van der Waals surface area contributed by atoms with E-state index in [0.717, 1.165) is 35.8 Å². The molecule has 0 aromatic carbocycles. The lowest BCUT2D eigenvalue weighted by atomic mass is 9.83. The molecule has 0 fully saturated rings. The molecule has 1 rings (SSSR count). The van der Waals surface area contributed by atoms with Gasteiger partial charge in [-0.2, -0.15) is 5.10 Å². The molecule has 0 aliphatic rings. The third-order valence-corrected chi connectivity index (χ3v) is 3.92. The van der Waals surface area contributed by atoms with Crippen LogP contribution in [0.2, 0.25) is 5.02 Å². The minimum Gasteiger partial charge on any atom is -0.314 e. The molecule has 1 aromatic rings. The van der Waals surface area contributed by atoms with Gasteiger partial charge in [-0.25, -0.2) is 0 Å². The van der Waals surface area contributed by atoms with E-state index < -0.39 is 0 Å². The maximum Gasteiger partial charge on any atom is 0.0846 e. The first-order valence-electron chi connectivity index (χ1n) is 6.68. The number of hydrogen-bond donors (Lipinski definition) is 1. The first kappa shape index (κ1) is 15.5. The second-order valence-corrected chi connectivity index (χ2v) is 6.36. The Morgan fingerprint density at radius 1 is 1.39 bits per heavy atom. The summed E-state index contributed by atoms with van der Waals surface area (Å²) in [6.45, 7) is 11.9. The van der Waals surface area contributed by atoms with E-state index in [1.54, 1.807) is 0 Å². The Kier molecular flexibility index (Phi) is 5.23. The maximum atomic E-state index is 6.29. The summed E-state index contributed by atoms with van der Waals surface area (Å²) >= 11 is 6.29. The van der Waals surface area contributed by atoms with Crippen LogP contribution in [0.5, 0.6) is 0 Å². The van der Waals surface area contributed by atoms with Crippen molar-refractivity contribution >= 4 is 11.6 Å². The van der Waals surface area contributed by atoms with Gasteiger partial charge in [-0.3, -0.25) is 4.68 Å². The quantitative estimate of drug-likeness (QED) is 0.890. The van der Waals surface area contributed by atoms with E-state index >= 15 is 0 Å². The molecule has 3 nitrogen and oxygen atoms in total. The average Bonchev–Trinajstić information content (AvgIpc) is 2.48. The minimum atomic E-state index is 0.260. The lowest BCUT2D eigenvalue weighted by Crippen LogP contribution is -2.40. The van der Waals surface area contributed by atoms with Crippen LogP contribution in [-0.2, 0) is 13.5 Å². The SMILES string of the molecule is CCNC(CCc1c(Cl)c(C)nn1C)C(C)(C)C. The summed E-state index contributed by atoms with van der Waals surface area (Å²) in [6, 6.07) is 0.494. The molecule has 1 atom stereocenters. The Bertz CT molecular complexity index is 390. The topological polar surface area (TPSA) is 29.9 Å². The highest BCUT2D eigenvalue weighted by atomic mass is 35.5. The maximum absolute atomic E-state index is 6.29. The summed E-state index contributed by atoms with van der Waals surface area (Å²) in [5, 5.41) is 8.75. The van der Waals surface area contributed by atoms with E-state index in [4.69, 9.17) is 11.6 Å². The van der Waals surface area contributed by atoms with Crippen LogP contribution in [0.15, 0.2) is 0 Å². The predicted molar refractivity (Wildman–Crippen MR) is 78.2 cm³/mol. The number of aryl methyl sites for hydroxylation is 2. The lowest BCUT2D eigenvalue weighted by Gasteiger charge is -2.31. The standard InChI is InChI=1S/C14H26ClN3/c1-7-16-12(14(3,4)5)9-8-11-13(15)10(2)17-18(11)6/h12,16H,7-9H2,1-6H3. The highest BCUT2D eigenvalue weighted by molar-refractivity contribution is 6.31. The zero-order valence-corrected chi connectivity index (χ0v) is 13.2. The molecule has 1 N–H and O–H groups in total. The van der Waals surface area contributed by atoms with Crippen molar-refractivity contribution in [2.45, 2.75) is 53.5 Å². The van der Waals surface area contributed by atoms with Crippen LogP contribution >= 0.6 is 11.6 Å². The monoisotopic (exact) mass is 271 g/mol. The molecule has 1 unspecified atom stereocenters.